The minimum absolute atomic E-state index is 0.273. The maximum absolute atomic E-state index is 13.0. The Morgan fingerprint density at radius 2 is 1.77 bits per heavy atom. The van der Waals surface area contributed by atoms with Crippen molar-refractivity contribution in [2.45, 2.75) is 6.54 Å². The zero-order valence-electron chi connectivity index (χ0n) is 12.2. The zero-order valence-corrected chi connectivity index (χ0v) is 12.2. The lowest BCUT2D eigenvalue weighted by Gasteiger charge is -2.03. The van der Waals surface area contributed by atoms with Crippen LogP contribution < -0.4 is 10.5 Å². The van der Waals surface area contributed by atoms with E-state index < -0.39 is 0 Å². The summed E-state index contributed by atoms with van der Waals surface area (Å²) >= 11 is 0. The monoisotopic (exact) mass is 297 g/mol. The van der Waals surface area contributed by atoms with Gasteiger partial charge in [-0.25, -0.2) is 9.07 Å². The van der Waals surface area contributed by atoms with Crippen molar-refractivity contribution in [3.05, 3.63) is 66.1 Å². The van der Waals surface area contributed by atoms with Crippen molar-refractivity contribution in [2.75, 3.05) is 7.11 Å². The van der Waals surface area contributed by atoms with E-state index in [4.69, 9.17) is 10.5 Å². The van der Waals surface area contributed by atoms with Crippen LogP contribution in [0.5, 0.6) is 5.75 Å². The van der Waals surface area contributed by atoms with Gasteiger partial charge in [0.25, 0.3) is 0 Å². The third-order valence-electron chi connectivity index (χ3n) is 3.46. The summed E-state index contributed by atoms with van der Waals surface area (Å²) < 4.78 is 19.9. The zero-order chi connectivity index (χ0) is 15.5. The van der Waals surface area contributed by atoms with Gasteiger partial charge in [-0.05, 0) is 48.5 Å². The van der Waals surface area contributed by atoms with Crippen molar-refractivity contribution in [1.82, 2.24) is 9.78 Å². The molecule has 1 aromatic heterocycles. The minimum atomic E-state index is -0.273. The van der Waals surface area contributed by atoms with E-state index in [0.717, 1.165) is 28.3 Å². The number of aromatic nitrogens is 2. The van der Waals surface area contributed by atoms with Crippen LogP contribution in [0.25, 0.3) is 16.9 Å². The molecule has 0 bridgehead atoms. The molecule has 3 rings (SSSR count). The molecule has 5 heteroatoms. The number of ether oxygens (including phenoxy) is 1. The molecule has 22 heavy (non-hydrogen) atoms. The van der Waals surface area contributed by atoms with E-state index in [-0.39, 0.29) is 5.82 Å². The Labute approximate surface area is 128 Å². The van der Waals surface area contributed by atoms with E-state index in [1.165, 1.54) is 12.1 Å². The molecule has 2 N–H and O–H groups in total. The SMILES string of the molecule is COc1ccc(-c2nn(-c3ccc(F)cc3)cc2CN)cc1. The molecule has 4 nitrogen and oxygen atoms in total. The Bertz CT molecular complexity index is 764. The molecule has 112 valence electrons. The highest BCUT2D eigenvalue weighted by Crippen LogP contribution is 2.25. The summed E-state index contributed by atoms with van der Waals surface area (Å²) in [5, 5.41) is 4.58. The van der Waals surface area contributed by atoms with Crippen molar-refractivity contribution in [2.24, 2.45) is 5.73 Å². The van der Waals surface area contributed by atoms with Gasteiger partial charge in [-0.15, -0.1) is 0 Å². The van der Waals surface area contributed by atoms with Crippen molar-refractivity contribution in [1.29, 1.82) is 0 Å². The van der Waals surface area contributed by atoms with Gasteiger partial charge in [0.05, 0.1) is 18.5 Å². The lowest BCUT2D eigenvalue weighted by molar-refractivity contribution is 0.415. The third kappa shape index (κ3) is 2.71. The van der Waals surface area contributed by atoms with Crippen molar-refractivity contribution < 1.29 is 9.13 Å². The fourth-order valence-electron chi connectivity index (χ4n) is 2.28. The van der Waals surface area contributed by atoms with Gasteiger partial charge >= 0.3 is 0 Å². The smallest absolute Gasteiger partial charge is 0.123 e. The fraction of sp³-hybridized carbons (Fsp3) is 0.118. The molecule has 3 aromatic rings. The summed E-state index contributed by atoms with van der Waals surface area (Å²) in [4.78, 5) is 0. The second-order valence-corrected chi connectivity index (χ2v) is 4.86. The first-order valence-electron chi connectivity index (χ1n) is 6.90. The highest BCUT2D eigenvalue weighted by molar-refractivity contribution is 5.64. The topological polar surface area (TPSA) is 53.1 Å². The van der Waals surface area contributed by atoms with E-state index in [1.807, 2.05) is 30.5 Å². The molecular formula is C17H16FN3O. The predicted octanol–water partition coefficient (Wildman–Crippen LogP) is 3.15. The van der Waals surface area contributed by atoms with Crippen LogP contribution in [0.15, 0.2) is 54.7 Å². The quantitative estimate of drug-likeness (QED) is 0.805. The maximum Gasteiger partial charge on any atom is 0.123 e. The van der Waals surface area contributed by atoms with Gasteiger partial charge in [-0.3, -0.25) is 0 Å². The molecule has 0 amide bonds. The summed E-state index contributed by atoms with van der Waals surface area (Å²) in [6.07, 6.45) is 1.87. The Morgan fingerprint density at radius 1 is 1.09 bits per heavy atom. The summed E-state index contributed by atoms with van der Waals surface area (Å²) in [6.45, 7) is 0.378. The molecular weight excluding hydrogens is 281 g/mol. The number of rotatable bonds is 4. The molecule has 0 saturated heterocycles. The van der Waals surface area contributed by atoms with Gasteiger partial charge in [0.15, 0.2) is 0 Å². The summed E-state index contributed by atoms with van der Waals surface area (Å²) in [5.74, 6) is 0.515. The number of halogens is 1. The largest absolute Gasteiger partial charge is 0.497 e. The predicted molar refractivity (Wildman–Crippen MR) is 83.4 cm³/mol. The van der Waals surface area contributed by atoms with Crippen LogP contribution in [0.3, 0.4) is 0 Å². The van der Waals surface area contributed by atoms with Crippen molar-refractivity contribution in [3.8, 4) is 22.7 Å². The van der Waals surface area contributed by atoms with Crippen LogP contribution in [0.4, 0.5) is 4.39 Å². The number of methoxy groups -OCH3 is 1. The fourth-order valence-corrected chi connectivity index (χ4v) is 2.28. The van der Waals surface area contributed by atoms with Gasteiger partial charge in [0.2, 0.25) is 0 Å². The second-order valence-electron chi connectivity index (χ2n) is 4.86. The molecule has 0 saturated carbocycles. The van der Waals surface area contributed by atoms with Crippen LogP contribution in [0.1, 0.15) is 5.56 Å². The molecule has 0 aliphatic heterocycles. The molecule has 2 aromatic carbocycles. The van der Waals surface area contributed by atoms with Crippen LogP contribution in [0, 0.1) is 5.82 Å². The van der Waals surface area contributed by atoms with Crippen molar-refractivity contribution >= 4 is 0 Å². The van der Waals surface area contributed by atoms with Gasteiger partial charge < -0.3 is 10.5 Å². The number of nitrogens with two attached hydrogens (primary N) is 1. The Hall–Kier alpha value is -2.66. The Balaban J connectivity index is 2.02. The van der Waals surface area contributed by atoms with E-state index in [9.17, 15) is 4.39 Å². The molecule has 0 fully saturated rings. The molecule has 0 spiro atoms. The lowest BCUT2D eigenvalue weighted by Crippen LogP contribution is -1.96. The number of benzene rings is 2. The van der Waals surface area contributed by atoms with Crippen molar-refractivity contribution in [3.63, 3.8) is 0 Å². The van der Waals surface area contributed by atoms with Gasteiger partial charge in [0.1, 0.15) is 11.6 Å². The van der Waals surface area contributed by atoms with Crippen LogP contribution in [0.2, 0.25) is 0 Å². The first-order valence-corrected chi connectivity index (χ1v) is 6.90. The average molecular weight is 297 g/mol. The average Bonchev–Trinajstić information content (AvgIpc) is 3.00. The van der Waals surface area contributed by atoms with E-state index in [1.54, 1.807) is 23.9 Å². The molecule has 0 aliphatic rings. The molecule has 0 aliphatic carbocycles. The third-order valence-corrected chi connectivity index (χ3v) is 3.46. The molecule has 1 heterocycles. The van der Waals surface area contributed by atoms with Gasteiger partial charge in [0, 0.05) is 23.9 Å². The number of hydrogen-bond acceptors (Lipinski definition) is 3. The van der Waals surface area contributed by atoms with Crippen LogP contribution in [-0.2, 0) is 6.54 Å². The highest BCUT2D eigenvalue weighted by Gasteiger charge is 2.11. The summed E-state index contributed by atoms with van der Waals surface area (Å²) in [5.41, 5.74) is 9.31. The summed E-state index contributed by atoms with van der Waals surface area (Å²) in [6, 6.07) is 13.8. The lowest BCUT2D eigenvalue weighted by atomic mass is 10.1. The molecule has 0 unspecified atom stereocenters. The van der Waals surface area contributed by atoms with Gasteiger partial charge in [-0.1, -0.05) is 0 Å². The summed E-state index contributed by atoms with van der Waals surface area (Å²) in [7, 11) is 1.63. The number of nitrogens with zero attached hydrogens (tertiary/aromatic N) is 2. The minimum Gasteiger partial charge on any atom is -0.497 e. The molecule has 0 radical (unpaired) electrons. The normalized spacial score (nSPS) is 10.7. The van der Waals surface area contributed by atoms with E-state index >= 15 is 0 Å². The molecule has 0 atom stereocenters. The van der Waals surface area contributed by atoms with Crippen LogP contribution in [-0.4, -0.2) is 16.9 Å². The van der Waals surface area contributed by atoms with E-state index in [2.05, 4.69) is 5.10 Å². The number of hydrogen-bond donors (Lipinski definition) is 1. The van der Waals surface area contributed by atoms with Gasteiger partial charge in [-0.2, -0.15) is 5.10 Å². The maximum atomic E-state index is 13.0. The second kappa shape index (κ2) is 5.99. The first kappa shape index (κ1) is 14.3. The Kier molecular flexibility index (Phi) is 3.89. The van der Waals surface area contributed by atoms with E-state index in [0.29, 0.717) is 6.54 Å². The highest BCUT2D eigenvalue weighted by atomic mass is 19.1. The first-order chi connectivity index (χ1) is 10.7. The Morgan fingerprint density at radius 3 is 2.36 bits per heavy atom. The van der Waals surface area contributed by atoms with Crippen LogP contribution >= 0.6 is 0 Å². The standard InChI is InChI=1S/C17H16FN3O/c1-22-16-8-2-12(3-9-16)17-13(10-19)11-21(20-17)15-6-4-14(18)5-7-15/h2-9,11H,10,19H2,1H3.